The van der Waals surface area contributed by atoms with Crippen LogP contribution in [-0.2, 0) is 0 Å². The molecule has 1 N–H and O–H groups in total. The van der Waals surface area contributed by atoms with Crippen molar-refractivity contribution in [1.82, 2.24) is 5.32 Å². The van der Waals surface area contributed by atoms with E-state index in [2.05, 4.69) is 5.32 Å². The Morgan fingerprint density at radius 3 is 2.92 bits per heavy atom. The third kappa shape index (κ3) is 3.17. The largest absolute Gasteiger partial charge is 0.493 e. The van der Waals surface area contributed by atoms with Gasteiger partial charge in [0.05, 0.1) is 6.61 Å². The fraction of sp³-hybridized carbons (Fsp3) is 0.368. The standard InChI is InChI=1S/C19H20FNO3/c20-15-3-1-13(2-4-15)17-7-8-21-10-14(17)11-22-16-5-6-18-19(9-16)24-12-23-18/h1-6,9,14,17,21H,7-8,10-12H2/t14?,17-/m0/s1/i8D2,10D2,12D2,17D. The van der Waals surface area contributed by atoms with Gasteiger partial charge in [-0.25, -0.2) is 4.39 Å². The molecule has 0 aliphatic carbocycles. The quantitative estimate of drug-likeness (QED) is 0.930. The average Bonchev–Trinajstić information content (AvgIpc) is 2.92. The molecule has 2 heterocycles. The molecule has 0 amide bonds. The topological polar surface area (TPSA) is 39.7 Å². The first-order valence-corrected chi connectivity index (χ1v) is 7.50. The van der Waals surface area contributed by atoms with Crippen LogP contribution in [0.25, 0.3) is 0 Å². The number of ether oxygens (including phenoxy) is 3. The highest BCUT2D eigenvalue weighted by atomic mass is 19.1. The smallest absolute Gasteiger partial charge is 0.231 e. The van der Waals surface area contributed by atoms with Gasteiger partial charge in [-0.15, -0.1) is 0 Å². The lowest BCUT2D eigenvalue weighted by atomic mass is 9.81. The lowest BCUT2D eigenvalue weighted by Crippen LogP contribution is -2.38. The van der Waals surface area contributed by atoms with Crippen LogP contribution in [-0.4, -0.2) is 26.3 Å². The second-order valence-corrected chi connectivity index (χ2v) is 5.41. The number of halogens is 1. The lowest BCUT2D eigenvalue weighted by molar-refractivity contribution is 0.173. The molecular formula is C19H20FNO3. The predicted molar refractivity (Wildman–Crippen MR) is 88.2 cm³/mol. The van der Waals surface area contributed by atoms with E-state index in [1.54, 1.807) is 0 Å². The van der Waals surface area contributed by atoms with Gasteiger partial charge in [-0.1, -0.05) is 12.1 Å². The number of nitrogens with one attached hydrogen (secondary N) is 1. The van der Waals surface area contributed by atoms with E-state index in [0.717, 1.165) is 12.1 Å². The molecule has 4 rings (SSSR count). The average molecular weight is 336 g/mol. The van der Waals surface area contributed by atoms with Gasteiger partial charge in [0.2, 0.25) is 6.75 Å². The molecule has 2 aliphatic heterocycles. The van der Waals surface area contributed by atoms with Crippen LogP contribution < -0.4 is 19.5 Å². The number of piperidine rings is 1. The molecule has 24 heavy (non-hydrogen) atoms. The first-order chi connectivity index (χ1) is 14.3. The maximum Gasteiger partial charge on any atom is 0.231 e. The molecule has 1 unspecified atom stereocenters. The van der Waals surface area contributed by atoms with E-state index in [0.29, 0.717) is 0 Å². The maximum atomic E-state index is 13.4. The van der Waals surface area contributed by atoms with Crippen molar-refractivity contribution >= 4 is 0 Å². The third-order valence-electron chi connectivity index (χ3n) is 3.88. The summed E-state index contributed by atoms with van der Waals surface area (Å²) in [5, 5.41) is 2.31. The van der Waals surface area contributed by atoms with E-state index in [9.17, 15) is 4.39 Å². The van der Waals surface area contributed by atoms with Crippen LogP contribution in [0, 0.1) is 11.7 Å². The van der Waals surface area contributed by atoms with Gasteiger partial charge >= 0.3 is 0 Å². The second kappa shape index (κ2) is 6.69. The van der Waals surface area contributed by atoms with Gasteiger partial charge < -0.3 is 19.5 Å². The van der Waals surface area contributed by atoms with Crippen molar-refractivity contribution in [2.45, 2.75) is 12.3 Å². The molecule has 0 bridgehead atoms. The summed E-state index contributed by atoms with van der Waals surface area (Å²) in [5.74, 6) is -2.86. The summed E-state index contributed by atoms with van der Waals surface area (Å²) in [7, 11) is 0. The van der Waals surface area contributed by atoms with Crippen LogP contribution >= 0.6 is 0 Å². The summed E-state index contributed by atoms with van der Waals surface area (Å²) in [6, 6.07) is 9.37. The van der Waals surface area contributed by atoms with Crippen molar-refractivity contribution in [2.75, 3.05) is 26.3 Å². The van der Waals surface area contributed by atoms with E-state index in [-0.39, 0.29) is 35.8 Å². The van der Waals surface area contributed by atoms with Gasteiger partial charge in [0.1, 0.15) is 14.3 Å². The third-order valence-corrected chi connectivity index (χ3v) is 3.88. The van der Waals surface area contributed by atoms with E-state index >= 15 is 0 Å². The molecule has 4 nitrogen and oxygen atoms in total. The van der Waals surface area contributed by atoms with Crippen molar-refractivity contribution in [2.24, 2.45) is 5.92 Å². The fourth-order valence-corrected chi connectivity index (χ4v) is 2.63. The second-order valence-electron chi connectivity index (χ2n) is 5.41. The summed E-state index contributed by atoms with van der Waals surface area (Å²) < 4.78 is 86.0. The highest BCUT2D eigenvalue weighted by molar-refractivity contribution is 5.46. The first kappa shape index (κ1) is 9.28. The molecule has 2 aromatic rings. The Labute approximate surface area is 150 Å². The number of hydrogen-bond donors (Lipinski definition) is 1. The van der Waals surface area contributed by atoms with Crippen LogP contribution in [0.15, 0.2) is 42.5 Å². The Balaban J connectivity index is 1.62. The van der Waals surface area contributed by atoms with Gasteiger partial charge in [-0.2, -0.15) is 0 Å². The van der Waals surface area contributed by atoms with Crippen LogP contribution in [0.5, 0.6) is 17.2 Å². The zero-order valence-corrected chi connectivity index (χ0v) is 12.6. The molecule has 126 valence electrons. The molecule has 1 fully saturated rings. The molecule has 0 spiro atoms. The van der Waals surface area contributed by atoms with Gasteiger partial charge in [0.15, 0.2) is 11.5 Å². The normalized spacial score (nSPS) is 36.0. The number of benzene rings is 2. The van der Waals surface area contributed by atoms with E-state index < -0.39 is 37.4 Å². The van der Waals surface area contributed by atoms with E-state index in [1.807, 2.05) is 0 Å². The Morgan fingerprint density at radius 2 is 2.04 bits per heavy atom. The molecule has 0 saturated carbocycles. The molecule has 5 heteroatoms. The summed E-state index contributed by atoms with van der Waals surface area (Å²) in [6.45, 7) is -7.08. The molecule has 2 aliphatic rings. The summed E-state index contributed by atoms with van der Waals surface area (Å²) >= 11 is 0. The maximum absolute atomic E-state index is 13.4. The van der Waals surface area contributed by atoms with Gasteiger partial charge in [0.25, 0.3) is 0 Å². The monoisotopic (exact) mass is 336 g/mol. The van der Waals surface area contributed by atoms with Crippen molar-refractivity contribution in [1.29, 1.82) is 0 Å². The minimum atomic E-state index is -2.31. The molecular weight excluding hydrogens is 309 g/mol. The zero-order chi connectivity index (χ0) is 22.7. The predicted octanol–water partition coefficient (Wildman–Crippen LogP) is 3.33. The molecule has 1 saturated heterocycles. The Bertz CT molecular complexity index is 989. The highest BCUT2D eigenvalue weighted by Gasteiger charge is 2.27. The van der Waals surface area contributed by atoms with Crippen molar-refractivity contribution < 1.29 is 28.2 Å². The van der Waals surface area contributed by atoms with Crippen LogP contribution in [0.2, 0.25) is 0 Å². The summed E-state index contributed by atoms with van der Waals surface area (Å²) in [5.41, 5.74) is 0.274. The SMILES string of the molecule is [2H]C1([2H])C[C@@]([2H])(c2ccc(F)cc2)C(COc2ccc3c(c2)OC([2H])([2H])O3)C([2H])([2H])N1. The zero-order valence-electron chi connectivity index (χ0n) is 19.6. The molecule has 0 radical (unpaired) electrons. The Hall–Kier alpha value is -2.27. The molecule has 2 atom stereocenters. The van der Waals surface area contributed by atoms with E-state index in [4.69, 9.17) is 23.8 Å². The fourth-order valence-electron chi connectivity index (χ4n) is 2.63. The van der Waals surface area contributed by atoms with Crippen molar-refractivity contribution in [3.05, 3.63) is 53.8 Å². The first-order valence-electron chi connectivity index (χ1n) is 11.0. The van der Waals surface area contributed by atoms with E-state index in [1.165, 1.54) is 30.3 Å². The van der Waals surface area contributed by atoms with Gasteiger partial charge in [0, 0.05) is 25.3 Å². The number of fused-ring (bicyclic) bond motifs is 1. The lowest BCUT2D eigenvalue weighted by Gasteiger charge is -2.32. The summed E-state index contributed by atoms with van der Waals surface area (Å²) in [4.78, 5) is 0. The van der Waals surface area contributed by atoms with Crippen molar-refractivity contribution in [3.63, 3.8) is 0 Å². The van der Waals surface area contributed by atoms with Gasteiger partial charge in [-0.3, -0.25) is 0 Å². The van der Waals surface area contributed by atoms with Crippen LogP contribution in [0.1, 0.15) is 27.5 Å². The Kier molecular flexibility index (Phi) is 2.59. The number of rotatable bonds is 4. The van der Waals surface area contributed by atoms with Crippen LogP contribution in [0.4, 0.5) is 4.39 Å². The minimum absolute atomic E-state index is 0.124. The van der Waals surface area contributed by atoms with Gasteiger partial charge in [-0.05, 0) is 48.6 Å². The molecule has 0 aromatic heterocycles. The highest BCUT2D eigenvalue weighted by Crippen LogP contribution is 2.36. The Morgan fingerprint density at radius 1 is 1.21 bits per heavy atom. The minimum Gasteiger partial charge on any atom is -0.493 e. The van der Waals surface area contributed by atoms with Crippen molar-refractivity contribution in [3.8, 4) is 17.2 Å². The van der Waals surface area contributed by atoms with Crippen LogP contribution in [0.3, 0.4) is 0 Å². The summed E-state index contributed by atoms with van der Waals surface area (Å²) in [6.07, 6.45) is -0.374. The number of hydrogen-bond acceptors (Lipinski definition) is 4. The molecule has 2 aromatic carbocycles.